The van der Waals surface area contributed by atoms with Crippen molar-refractivity contribution < 1.29 is 4.74 Å². The quantitative estimate of drug-likeness (QED) is 0.737. The summed E-state index contributed by atoms with van der Waals surface area (Å²) < 4.78 is 5.01. The number of methoxy groups -OCH3 is 1. The third-order valence-corrected chi connectivity index (χ3v) is 2.23. The van der Waals surface area contributed by atoms with Gasteiger partial charge in [0.15, 0.2) is 0 Å². The van der Waals surface area contributed by atoms with Crippen LogP contribution in [0.15, 0.2) is 6.07 Å². The van der Waals surface area contributed by atoms with Crippen molar-refractivity contribution in [3.63, 3.8) is 0 Å². The van der Waals surface area contributed by atoms with Crippen LogP contribution in [0.2, 0.25) is 0 Å². The molecule has 1 unspecified atom stereocenters. The first-order valence-corrected chi connectivity index (χ1v) is 5.69. The molecule has 4 heteroatoms. The van der Waals surface area contributed by atoms with Gasteiger partial charge in [0, 0.05) is 44.0 Å². The van der Waals surface area contributed by atoms with Gasteiger partial charge in [-0.1, -0.05) is 0 Å². The van der Waals surface area contributed by atoms with Crippen LogP contribution in [0.25, 0.3) is 0 Å². The van der Waals surface area contributed by atoms with Gasteiger partial charge in [-0.2, -0.15) is 0 Å². The van der Waals surface area contributed by atoms with Crippen molar-refractivity contribution in [1.82, 2.24) is 9.97 Å². The van der Waals surface area contributed by atoms with Gasteiger partial charge in [-0.05, 0) is 26.3 Å². The molecule has 0 fully saturated rings. The fourth-order valence-corrected chi connectivity index (χ4v) is 1.62. The van der Waals surface area contributed by atoms with Gasteiger partial charge < -0.3 is 10.5 Å². The lowest BCUT2D eigenvalue weighted by Gasteiger charge is -2.07. The summed E-state index contributed by atoms with van der Waals surface area (Å²) >= 11 is 0. The standard InChI is InChI=1S/C12H21N3O/c1-9(13)7-11-8-10(2)14-12(15-11)5-4-6-16-3/h8-9H,4-7,13H2,1-3H3. The highest BCUT2D eigenvalue weighted by molar-refractivity contribution is 5.11. The minimum Gasteiger partial charge on any atom is -0.385 e. The Morgan fingerprint density at radius 2 is 2.19 bits per heavy atom. The van der Waals surface area contributed by atoms with Gasteiger partial charge in [-0.3, -0.25) is 0 Å². The van der Waals surface area contributed by atoms with Crippen LogP contribution in [0, 0.1) is 6.92 Å². The summed E-state index contributed by atoms with van der Waals surface area (Å²) in [6.07, 6.45) is 2.62. The Bertz CT molecular complexity index is 326. The van der Waals surface area contributed by atoms with E-state index in [2.05, 4.69) is 9.97 Å². The van der Waals surface area contributed by atoms with Gasteiger partial charge in [0.05, 0.1) is 0 Å². The Labute approximate surface area is 97.2 Å². The molecule has 0 amide bonds. The molecule has 90 valence electrons. The second-order valence-corrected chi connectivity index (χ2v) is 4.19. The van der Waals surface area contributed by atoms with Gasteiger partial charge in [-0.15, -0.1) is 0 Å². The van der Waals surface area contributed by atoms with Crippen molar-refractivity contribution in [2.24, 2.45) is 5.73 Å². The lowest BCUT2D eigenvalue weighted by molar-refractivity contribution is 0.194. The number of ether oxygens (including phenoxy) is 1. The van der Waals surface area contributed by atoms with Crippen LogP contribution in [0.1, 0.15) is 30.6 Å². The summed E-state index contributed by atoms with van der Waals surface area (Å²) in [6, 6.07) is 2.14. The summed E-state index contributed by atoms with van der Waals surface area (Å²) in [6.45, 7) is 4.73. The van der Waals surface area contributed by atoms with Gasteiger partial charge in [-0.25, -0.2) is 9.97 Å². The smallest absolute Gasteiger partial charge is 0.128 e. The molecular formula is C12H21N3O. The number of hydrogen-bond acceptors (Lipinski definition) is 4. The maximum atomic E-state index is 5.77. The molecule has 0 saturated carbocycles. The number of aromatic nitrogens is 2. The predicted octanol–water partition coefficient (Wildman–Crippen LogP) is 1.25. The summed E-state index contributed by atoms with van der Waals surface area (Å²) in [4.78, 5) is 8.90. The summed E-state index contributed by atoms with van der Waals surface area (Å²) in [5, 5.41) is 0. The SMILES string of the molecule is COCCCc1nc(C)cc(CC(C)N)n1. The van der Waals surface area contributed by atoms with Crippen molar-refractivity contribution in [3.05, 3.63) is 23.3 Å². The fraction of sp³-hybridized carbons (Fsp3) is 0.667. The monoisotopic (exact) mass is 223 g/mol. The molecule has 0 saturated heterocycles. The Morgan fingerprint density at radius 1 is 1.44 bits per heavy atom. The molecule has 1 rings (SSSR count). The minimum atomic E-state index is 0.140. The average molecular weight is 223 g/mol. The normalized spacial score (nSPS) is 12.8. The molecule has 0 radical (unpaired) electrons. The van der Waals surface area contributed by atoms with E-state index < -0.39 is 0 Å². The van der Waals surface area contributed by atoms with E-state index in [0.29, 0.717) is 0 Å². The van der Waals surface area contributed by atoms with E-state index in [1.165, 1.54) is 0 Å². The average Bonchev–Trinajstić information content (AvgIpc) is 2.16. The zero-order valence-corrected chi connectivity index (χ0v) is 10.4. The summed E-state index contributed by atoms with van der Waals surface area (Å²) in [5.74, 6) is 0.896. The molecule has 1 heterocycles. The van der Waals surface area contributed by atoms with Gasteiger partial charge in [0.1, 0.15) is 5.82 Å². The second-order valence-electron chi connectivity index (χ2n) is 4.19. The molecule has 0 aromatic carbocycles. The molecule has 16 heavy (non-hydrogen) atoms. The van der Waals surface area contributed by atoms with Crippen molar-refractivity contribution in [2.75, 3.05) is 13.7 Å². The van der Waals surface area contributed by atoms with E-state index in [9.17, 15) is 0 Å². The third kappa shape index (κ3) is 4.68. The molecule has 4 nitrogen and oxygen atoms in total. The second kappa shape index (κ2) is 6.55. The largest absolute Gasteiger partial charge is 0.385 e. The Hall–Kier alpha value is -1.00. The van der Waals surface area contributed by atoms with Crippen molar-refractivity contribution in [1.29, 1.82) is 0 Å². The van der Waals surface area contributed by atoms with Crippen molar-refractivity contribution >= 4 is 0 Å². The van der Waals surface area contributed by atoms with E-state index in [1.807, 2.05) is 19.9 Å². The molecule has 0 aliphatic heterocycles. The number of rotatable bonds is 6. The molecule has 1 aromatic heterocycles. The van der Waals surface area contributed by atoms with E-state index in [4.69, 9.17) is 10.5 Å². The highest BCUT2D eigenvalue weighted by Crippen LogP contribution is 2.05. The van der Waals surface area contributed by atoms with Gasteiger partial charge in [0.25, 0.3) is 0 Å². The van der Waals surface area contributed by atoms with Crippen LogP contribution in [0.5, 0.6) is 0 Å². The predicted molar refractivity (Wildman–Crippen MR) is 64.3 cm³/mol. The van der Waals surface area contributed by atoms with E-state index in [-0.39, 0.29) is 6.04 Å². The zero-order chi connectivity index (χ0) is 12.0. The van der Waals surface area contributed by atoms with Gasteiger partial charge in [0.2, 0.25) is 0 Å². The molecule has 1 aromatic rings. The maximum absolute atomic E-state index is 5.77. The first kappa shape index (κ1) is 13.1. The first-order valence-electron chi connectivity index (χ1n) is 5.69. The topological polar surface area (TPSA) is 61.0 Å². The Balaban J connectivity index is 2.65. The fourth-order valence-electron chi connectivity index (χ4n) is 1.62. The zero-order valence-electron chi connectivity index (χ0n) is 10.4. The number of nitrogens with two attached hydrogens (primary N) is 1. The van der Waals surface area contributed by atoms with Crippen LogP contribution in [-0.2, 0) is 17.6 Å². The van der Waals surface area contributed by atoms with Crippen molar-refractivity contribution in [3.8, 4) is 0 Å². The van der Waals surface area contributed by atoms with Crippen LogP contribution in [-0.4, -0.2) is 29.7 Å². The lowest BCUT2D eigenvalue weighted by Crippen LogP contribution is -2.19. The molecule has 2 N–H and O–H groups in total. The van der Waals surface area contributed by atoms with Crippen LogP contribution < -0.4 is 5.73 Å². The van der Waals surface area contributed by atoms with E-state index >= 15 is 0 Å². The molecule has 1 atom stereocenters. The minimum absolute atomic E-state index is 0.140. The number of nitrogens with zero attached hydrogens (tertiary/aromatic N) is 2. The summed E-state index contributed by atoms with van der Waals surface area (Å²) in [7, 11) is 1.71. The maximum Gasteiger partial charge on any atom is 0.128 e. The van der Waals surface area contributed by atoms with Crippen LogP contribution >= 0.6 is 0 Å². The van der Waals surface area contributed by atoms with Gasteiger partial charge >= 0.3 is 0 Å². The molecule has 0 bridgehead atoms. The van der Waals surface area contributed by atoms with E-state index in [0.717, 1.165) is 43.1 Å². The number of aryl methyl sites for hydroxylation is 2. The highest BCUT2D eigenvalue weighted by atomic mass is 16.5. The number of hydrogen-bond donors (Lipinski definition) is 1. The van der Waals surface area contributed by atoms with Crippen molar-refractivity contribution in [2.45, 2.75) is 39.2 Å². The van der Waals surface area contributed by atoms with Crippen LogP contribution in [0.4, 0.5) is 0 Å². The molecule has 0 aliphatic carbocycles. The van der Waals surface area contributed by atoms with E-state index in [1.54, 1.807) is 7.11 Å². The summed E-state index contributed by atoms with van der Waals surface area (Å²) in [5.41, 5.74) is 7.81. The highest BCUT2D eigenvalue weighted by Gasteiger charge is 2.04. The first-order chi connectivity index (χ1) is 7.61. The Kier molecular flexibility index (Phi) is 5.35. The Morgan fingerprint density at radius 3 is 2.81 bits per heavy atom. The molecular weight excluding hydrogens is 202 g/mol. The van der Waals surface area contributed by atoms with Crippen LogP contribution in [0.3, 0.4) is 0 Å². The molecule has 0 aliphatic rings. The lowest BCUT2D eigenvalue weighted by atomic mass is 10.1. The molecule has 0 spiro atoms. The third-order valence-electron chi connectivity index (χ3n) is 2.23.